The van der Waals surface area contributed by atoms with Crippen LogP contribution in [-0.4, -0.2) is 27.4 Å². The van der Waals surface area contributed by atoms with E-state index in [2.05, 4.69) is 32.8 Å². The van der Waals surface area contributed by atoms with Crippen LogP contribution in [0.4, 0.5) is 5.82 Å². The molecule has 1 aliphatic carbocycles. The molecule has 0 amide bonds. The summed E-state index contributed by atoms with van der Waals surface area (Å²) in [6.07, 6.45) is 5.87. The molecule has 0 spiro atoms. The highest BCUT2D eigenvalue weighted by molar-refractivity contribution is 9.10. The monoisotopic (exact) mass is 366 g/mol. The molecule has 0 unspecified atom stereocenters. The average Bonchev–Trinajstić information content (AvgIpc) is 2.99. The third-order valence-electron chi connectivity index (χ3n) is 4.77. The van der Waals surface area contributed by atoms with Gasteiger partial charge < -0.3 is 10.5 Å². The van der Waals surface area contributed by atoms with Crippen LogP contribution < -0.4 is 5.73 Å². The Hall–Kier alpha value is -1.63. The van der Waals surface area contributed by atoms with E-state index in [1.54, 1.807) is 6.20 Å². The van der Waals surface area contributed by atoms with E-state index in [4.69, 9.17) is 10.5 Å². The zero-order chi connectivity index (χ0) is 16.1. The smallest absolute Gasteiger partial charge is 0.311 e. The fourth-order valence-electron chi connectivity index (χ4n) is 3.65. The second kappa shape index (κ2) is 4.94. The first-order valence-corrected chi connectivity index (χ1v) is 7.97. The number of ether oxygens (including phenoxy) is 1. The highest BCUT2D eigenvalue weighted by Gasteiger charge is 2.50. The predicted molar refractivity (Wildman–Crippen MR) is 86.4 cm³/mol. The molecule has 1 aliphatic rings. The van der Waals surface area contributed by atoms with Gasteiger partial charge in [0.05, 0.1) is 12.5 Å². The number of carbonyl (C=O) groups is 1. The van der Waals surface area contributed by atoms with Crippen molar-refractivity contribution >= 4 is 33.2 Å². The lowest BCUT2D eigenvalue weighted by atomic mass is 9.81. The molecule has 6 nitrogen and oxygen atoms in total. The zero-order valence-electron chi connectivity index (χ0n) is 12.9. The Morgan fingerprint density at radius 2 is 2.18 bits per heavy atom. The summed E-state index contributed by atoms with van der Waals surface area (Å²) in [7, 11) is 1.44. The molecule has 2 N–H and O–H groups in total. The van der Waals surface area contributed by atoms with Gasteiger partial charge in [-0.1, -0.05) is 6.92 Å². The van der Waals surface area contributed by atoms with Gasteiger partial charge in [-0.15, -0.1) is 0 Å². The highest BCUT2D eigenvalue weighted by atomic mass is 79.9. The molecular weight excluding hydrogens is 348 g/mol. The van der Waals surface area contributed by atoms with Crippen LogP contribution in [0.2, 0.25) is 0 Å². The maximum Gasteiger partial charge on any atom is 0.311 e. The number of methoxy groups -OCH3 is 1. The van der Waals surface area contributed by atoms with Gasteiger partial charge in [0.25, 0.3) is 0 Å². The Balaban J connectivity index is 2.09. The number of nitrogens with two attached hydrogens (primary N) is 1. The number of nitrogens with zero attached hydrogens (tertiary/aromatic N) is 3. The van der Waals surface area contributed by atoms with Crippen molar-refractivity contribution in [2.75, 3.05) is 12.8 Å². The van der Waals surface area contributed by atoms with E-state index < -0.39 is 5.41 Å². The van der Waals surface area contributed by atoms with Crippen LogP contribution in [0.1, 0.15) is 38.9 Å². The van der Waals surface area contributed by atoms with E-state index >= 15 is 0 Å². The summed E-state index contributed by atoms with van der Waals surface area (Å²) in [5, 5.41) is 0. The number of hydrogen-bond donors (Lipinski definition) is 1. The molecule has 118 valence electrons. The van der Waals surface area contributed by atoms with Crippen LogP contribution in [0.3, 0.4) is 0 Å². The zero-order valence-corrected chi connectivity index (χ0v) is 14.5. The minimum Gasteiger partial charge on any atom is -0.469 e. The fraction of sp³-hybridized carbons (Fsp3) is 0.533. The van der Waals surface area contributed by atoms with Crippen molar-refractivity contribution in [3.05, 3.63) is 22.8 Å². The molecular formula is C15H19BrN4O2. The molecule has 1 fully saturated rings. The first-order valence-electron chi connectivity index (χ1n) is 7.18. The number of fused-ring (bicyclic) bond motifs is 1. The van der Waals surface area contributed by atoms with Crippen molar-refractivity contribution in [3.8, 4) is 0 Å². The molecule has 2 atom stereocenters. The van der Waals surface area contributed by atoms with E-state index in [-0.39, 0.29) is 11.4 Å². The van der Waals surface area contributed by atoms with Crippen molar-refractivity contribution in [1.82, 2.24) is 14.4 Å². The highest BCUT2D eigenvalue weighted by Crippen LogP contribution is 2.51. The van der Waals surface area contributed by atoms with Crippen molar-refractivity contribution in [2.24, 2.45) is 5.41 Å². The number of halogens is 1. The standard InChI is InChI=1S/C15H19BrN4O2/c1-14(4-5-15(2,8-14)13(21)22-3)12-19-10(16)9-11(17)18-6-7-20(9)12/h6-7H,4-5,8H2,1-3H3,(H2,17,18)/t14-,15-/m0/s1. The summed E-state index contributed by atoms with van der Waals surface area (Å²) >= 11 is 3.47. The van der Waals surface area contributed by atoms with Crippen LogP contribution >= 0.6 is 15.9 Å². The largest absolute Gasteiger partial charge is 0.469 e. The number of rotatable bonds is 2. The number of imidazole rings is 1. The second-order valence-electron chi connectivity index (χ2n) is 6.55. The summed E-state index contributed by atoms with van der Waals surface area (Å²) in [6, 6.07) is 0. The van der Waals surface area contributed by atoms with Gasteiger partial charge in [0.15, 0.2) is 5.82 Å². The molecule has 0 bridgehead atoms. The number of aromatic nitrogens is 3. The van der Waals surface area contributed by atoms with Gasteiger partial charge >= 0.3 is 5.97 Å². The van der Waals surface area contributed by atoms with Crippen molar-refractivity contribution in [2.45, 2.75) is 38.5 Å². The van der Waals surface area contributed by atoms with Crippen LogP contribution in [0.15, 0.2) is 17.0 Å². The van der Waals surface area contributed by atoms with E-state index in [1.165, 1.54) is 7.11 Å². The molecule has 2 aromatic heterocycles. The maximum atomic E-state index is 12.1. The lowest BCUT2D eigenvalue weighted by molar-refractivity contribution is -0.151. The first kappa shape index (κ1) is 15.3. The average molecular weight is 367 g/mol. The number of esters is 1. The van der Waals surface area contributed by atoms with E-state index in [1.807, 2.05) is 17.5 Å². The number of carbonyl (C=O) groups excluding carboxylic acids is 1. The Morgan fingerprint density at radius 1 is 1.45 bits per heavy atom. The molecule has 3 rings (SSSR count). The summed E-state index contributed by atoms with van der Waals surface area (Å²) < 4.78 is 7.62. The normalized spacial score (nSPS) is 28.2. The fourth-order valence-corrected chi connectivity index (χ4v) is 4.21. The minimum absolute atomic E-state index is 0.155. The van der Waals surface area contributed by atoms with Crippen molar-refractivity contribution < 1.29 is 9.53 Å². The van der Waals surface area contributed by atoms with Crippen molar-refractivity contribution in [1.29, 1.82) is 0 Å². The third kappa shape index (κ3) is 2.10. The maximum absolute atomic E-state index is 12.1. The van der Waals surface area contributed by atoms with Crippen LogP contribution in [0.5, 0.6) is 0 Å². The van der Waals surface area contributed by atoms with E-state index in [9.17, 15) is 4.79 Å². The molecule has 0 aromatic carbocycles. The molecule has 2 aromatic rings. The molecule has 2 heterocycles. The van der Waals surface area contributed by atoms with Crippen LogP contribution in [-0.2, 0) is 14.9 Å². The minimum atomic E-state index is -0.472. The van der Waals surface area contributed by atoms with Gasteiger partial charge in [0.2, 0.25) is 0 Å². The Bertz CT molecular complexity index is 759. The van der Waals surface area contributed by atoms with E-state index in [0.29, 0.717) is 16.8 Å². The summed E-state index contributed by atoms with van der Waals surface area (Å²) in [5.74, 6) is 1.18. The summed E-state index contributed by atoms with van der Waals surface area (Å²) in [5.41, 5.74) is 6.04. The van der Waals surface area contributed by atoms with Gasteiger partial charge in [-0.05, 0) is 42.1 Å². The van der Waals surface area contributed by atoms with E-state index in [0.717, 1.165) is 24.2 Å². The van der Waals surface area contributed by atoms with Crippen LogP contribution in [0, 0.1) is 5.41 Å². The molecule has 0 aliphatic heterocycles. The SMILES string of the molecule is COC(=O)[C@@]1(C)CC[C@](C)(c2nc(Br)c3c(N)nccn23)C1. The summed E-state index contributed by atoms with van der Waals surface area (Å²) in [6.45, 7) is 4.10. The van der Waals surface area contributed by atoms with Gasteiger partial charge in [0, 0.05) is 17.8 Å². The van der Waals surface area contributed by atoms with Gasteiger partial charge in [-0.3, -0.25) is 9.20 Å². The molecule has 0 radical (unpaired) electrons. The van der Waals surface area contributed by atoms with Gasteiger partial charge in [0.1, 0.15) is 15.9 Å². The topological polar surface area (TPSA) is 82.5 Å². The molecule has 0 saturated heterocycles. The Morgan fingerprint density at radius 3 is 2.86 bits per heavy atom. The van der Waals surface area contributed by atoms with Crippen LogP contribution in [0.25, 0.3) is 5.52 Å². The lowest BCUT2D eigenvalue weighted by Crippen LogP contribution is -2.30. The van der Waals surface area contributed by atoms with Gasteiger partial charge in [-0.2, -0.15) is 0 Å². The second-order valence-corrected chi connectivity index (χ2v) is 7.30. The number of hydrogen-bond acceptors (Lipinski definition) is 5. The van der Waals surface area contributed by atoms with Crippen molar-refractivity contribution in [3.63, 3.8) is 0 Å². The Kier molecular flexibility index (Phi) is 3.43. The molecule has 7 heteroatoms. The lowest BCUT2D eigenvalue weighted by Gasteiger charge is -2.26. The summed E-state index contributed by atoms with van der Waals surface area (Å²) in [4.78, 5) is 20.9. The van der Waals surface area contributed by atoms with Gasteiger partial charge in [-0.25, -0.2) is 9.97 Å². The quantitative estimate of drug-likeness (QED) is 0.826. The third-order valence-corrected chi connectivity index (χ3v) is 5.32. The molecule has 22 heavy (non-hydrogen) atoms. The number of nitrogen functional groups attached to an aromatic ring is 1. The first-order chi connectivity index (χ1) is 10.3. The molecule has 1 saturated carbocycles. The number of anilines is 1. The Labute approximate surface area is 137 Å². The predicted octanol–water partition coefficient (Wildman–Crippen LogP) is 2.69.